The summed E-state index contributed by atoms with van der Waals surface area (Å²) >= 11 is 0. The molecule has 1 aliphatic heterocycles. The lowest BCUT2D eigenvalue weighted by Crippen LogP contribution is -2.47. The molecule has 1 heterocycles. The lowest BCUT2D eigenvalue weighted by Gasteiger charge is -2.35. The Kier molecular flexibility index (Phi) is 7.47. The fourth-order valence-electron chi connectivity index (χ4n) is 3.59. The molecule has 0 bridgehead atoms. The number of piperidine rings is 1. The van der Waals surface area contributed by atoms with E-state index in [1.807, 2.05) is 64.0 Å². The molecule has 1 aliphatic rings. The number of benzene rings is 1. The second-order valence-electron chi connectivity index (χ2n) is 8.81. The van der Waals surface area contributed by atoms with Gasteiger partial charge in [-0.15, -0.1) is 0 Å². The number of nitrogens with zero attached hydrogens (tertiary/aromatic N) is 2. The van der Waals surface area contributed by atoms with Crippen LogP contribution in [0.15, 0.2) is 24.3 Å². The molecule has 0 aromatic heterocycles. The summed E-state index contributed by atoms with van der Waals surface area (Å²) in [6.45, 7) is 7.69. The largest absolute Gasteiger partial charge is 0.497 e. The number of hydrogen-bond acceptors (Lipinski definition) is 4. The van der Waals surface area contributed by atoms with E-state index < -0.39 is 0 Å². The molecule has 1 unspecified atom stereocenters. The van der Waals surface area contributed by atoms with Crippen LogP contribution >= 0.6 is 0 Å². The van der Waals surface area contributed by atoms with Gasteiger partial charge in [0, 0.05) is 31.0 Å². The number of rotatable bonds is 6. The first-order valence-electron chi connectivity index (χ1n) is 10.0. The topological polar surface area (TPSA) is 61.9 Å². The molecule has 1 aromatic rings. The van der Waals surface area contributed by atoms with Crippen molar-refractivity contribution < 1.29 is 14.3 Å². The van der Waals surface area contributed by atoms with Crippen molar-refractivity contribution in [2.45, 2.75) is 39.7 Å². The first-order chi connectivity index (χ1) is 13.1. The smallest absolute Gasteiger partial charge is 0.227 e. The van der Waals surface area contributed by atoms with Crippen LogP contribution in [0.4, 0.5) is 0 Å². The summed E-state index contributed by atoms with van der Waals surface area (Å²) in [7, 11) is 5.67. The fourth-order valence-corrected chi connectivity index (χ4v) is 3.59. The minimum absolute atomic E-state index is 0.0253. The average molecular weight is 390 g/mol. The van der Waals surface area contributed by atoms with Gasteiger partial charge < -0.3 is 19.9 Å². The van der Waals surface area contributed by atoms with E-state index in [1.54, 1.807) is 7.11 Å². The summed E-state index contributed by atoms with van der Waals surface area (Å²) in [5.74, 6) is 1.05. The van der Waals surface area contributed by atoms with Crippen LogP contribution in [0.1, 0.15) is 45.2 Å². The van der Waals surface area contributed by atoms with Crippen molar-refractivity contribution in [1.29, 1.82) is 0 Å². The summed E-state index contributed by atoms with van der Waals surface area (Å²) in [6.07, 6.45) is 1.45. The Morgan fingerprint density at radius 1 is 1.18 bits per heavy atom. The van der Waals surface area contributed by atoms with Gasteiger partial charge in [-0.2, -0.15) is 0 Å². The number of carbonyl (C=O) groups is 2. The average Bonchev–Trinajstić information content (AvgIpc) is 2.67. The van der Waals surface area contributed by atoms with E-state index in [-0.39, 0.29) is 29.2 Å². The molecule has 6 heteroatoms. The van der Waals surface area contributed by atoms with E-state index in [0.717, 1.165) is 24.2 Å². The number of hydrogen-bond donors (Lipinski definition) is 1. The van der Waals surface area contributed by atoms with Gasteiger partial charge in [0.25, 0.3) is 0 Å². The molecule has 1 aromatic carbocycles. The standard InChI is InChI=1S/C22H35N3O3/c1-22(2,3)21(27)25-13-11-17(12-14-25)20(26)23-15-19(24(4)5)16-7-9-18(28-6)10-8-16/h7-10,17,19H,11-15H2,1-6H3,(H,23,26). The number of nitrogens with one attached hydrogen (secondary N) is 1. The fraction of sp³-hybridized carbons (Fsp3) is 0.636. The van der Waals surface area contributed by atoms with Crippen molar-refractivity contribution >= 4 is 11.8 Å². The minimum atomic E-state index is -0.369. The van der Waals surface area contributed by atoms with E-state index >= 15 is 0 Å². The zero-order valence-electron chi connectivity index (χ0n) is 18.1. The summed E-state index contributed by atoms with van der Waals surface area (Å²) in [4.78, 5) is 29.1. The zero-order valence-corrected chi connectivity index (χ0v) is 18.1. The Balaban J connectivity index is 1.89. The number of ether oxygens (including phenoxy) is 1. The van der Waals surface area contributed by atoms with Crippen LogP contribution in [0.5, 0.6) is 5.75 Å². The molecule has 28 heavy (non-hydrogen) atoms. The third-order valence-corrected chi connectivity index (χ3v) is 5.39. The van der Waals surface area contributed by atoms with E-state index in [2.05, 4.69) is 10.2 Å². The Morgan fingerprint density at radius 2 is 1.75 bits per heavy atom. The van der Waals surface area contributed by atoms with Crippen molar-refractivity contribution in [2.24, 2.45) is 11.3 Å². The highest BCUT2D eigenvalue weighted by molar-refractivity contribution is 5.82. The molecule has 6 nitrogen and oxygen atoms in total. The zero-order chi connectivity index (χ0) is 20.9. The quantitative estimate of drug-likeness (QED) is 0.813. The molecular formula is C22H35N3O3. The lowest BCUT2D eigenvalue weighted by atomic mass is 9.90. The monoisotopic (exact) mass is 389 g/mol. The number of likely N-dealkylation sites (tertiary alicyclic amines) is 1. The molecule has 0 saturated carbocycles. The Labute approximate surface area is 169 Å². The summed E-state index contributed by atoms with van der Waals surface area (Å²) in [6, 6.07) is 8.04. The first-order valence-corrected chi connectivity index (χ1v) is 10.0. The third-order valence-electron chi connectivity index (χ3n) is 5.39. The van der Waals surface area contributed by atoms with Crippen LogP contribution in [0.3, 0.4) is 0 Å². The van der Waals surface area contributed by atoms with Gasteiger partial charge in [-0.3, -0.25) is 9.59 Å². The van der Waals surface area contributed by atoms with E-state index in [9.17, 15) is 9.59 Å². The molecule has 0 aliphatic carbocycles. The Hall–Kier alpha value is -2.08. The van der Waals surface area contributed by atoms with Crippen molar-refractivity contribution in [3.63, 3.8) is 0 Å². The minimum Gasteiger partial charge on any atom is -0.497 e. The predicted octanol–water partition coefficient (Wildman–Crippen LogP) is 2.70. The number of likely N-dealkylation sites (N-methyl/N-ethyl adjacent to an activating group) is 1. The van der Waals surface area contributed by atoms with Crippen molar-refractivity contribution in [1.82, 2.24) is 15.1 Å². The van der Waals surface area contributed by atoms with Crippen molar-refractivity contribution in [3.8, 4) is 5.75 Å². The molecular weight excluding hydrogens is 354 g/mol. The highest BCUT2D eigenvalue weighted by Gasteiger charge is 2.32. The number of amides is 2. The van der Waals surface area contributed by atoms with Crippen molar-refractivity contribution in [2.75, 3.05) is 40.8 Å². The van der Waals surface area contributed by atoms with Gasteiger partial charge in [-0.1, -0.05) is 32.9 Å². The van der Waals surface area contributed by atoms with E-state index in [1.165, 1.54) is 0 Å². The molecule has 2 rings (SSSR count). The van der Waals surface area contributed by atoms with Crippen LogP contribution < -0.4 is 10.1 Å². The number of carbonyl (C=O) groups excluding carboxylic acids is 2. The molecule has 2 amide bonds. The van der Waals surface area contributed by atoms with E-state index in [0.29, 0.717) is 19.6 Å². The van der Waals surface area contributed by atoms with Gasteiger partial charge in [0.05, 0.1) is 13.2 Å². The molecule has 0 spiro atoms. The normalized spacial score (nSPS) is 16.8. The highest BCUT2D eigenvalue weighted by Crippen LogP contribution is 2.24. The molecule has 0 radical (unpaired) electrons. The molecule has 1 N–H and O–H groups in total. The van der Waals surface area contributed by atoms with Crippen LogP contribution in [0.25, 0.3) is 0 Å². The van der Waals surface area contributed by atoms with E-state index in [4.69, 9.17) is 4.74 Å². The van der Waals surface area contributed by atoms with Gasteiger partial charge in [-0.25, -0.2) is 0 Å². The molecule has 1 fully saturated rings. The van der Waals surface area contributed by atoms with Crippen LogP contribution in [0, 0.1) is 11.3 Å². The molecule has 156 valence electrons. The second kappa shape index (κ2) is 9.41. The van der Waals surface area contributed by atoms with Crippen LogP contribution in [-0.2, 0) is 9.59 Å². The van der Waals surface area contributed by atoms with Crippen LogP contribution in [-0.4, -0.2) is 62.5 Å². The SMILES string of the molecule is COc1ccc(C(CNC(=O)C2CCN(C(=O)C(C)(C)C)CC2)N(C)C)cc1. The van der Waals surface area contributed by atoms with Crippen molar-refractivity contribution in [3.05, 3.63) is 29.8 Å². The van der Waals surface area contributed by atoms with Gasteiger partial charge in [-0.05, 0) is 44.6 Å². The number of methoxy groups -OCH3 is 1. The Bertz CT molecular complexity index is 657. The second-order valence-corrected chi connectivity index (χ2v) is 8.81. The summed E-state index contributed by atoms with van der Waals surface area (Å²) in [5, 5.41) is 3.12. The highest BCUT2D eigenvalue weighted by atomic mass is 16.5. The maximum absolute atomic E-state index is 12.7. The van der Waals surface area contributed by atoms with Gasteiger partial charge in [0.2, 0.25) is 11.8 Å². The lowest BCUT2D eigenvalue weighted by molar-refractivity contribution is -0.142. The van der Waals surface area contributed by atoms with Crippen LogP contribution in [0.2, 0.25) is 0 Å². The molecule has 1 atom stereocenters. The van der Waals surface area contributed by atoms with Gasteiger partial charge in [0.15, 0.2) is 0 Å². The Morgan fingerprint density at radius 3 is 2.21 bits per heavy atom. The summed E-state index contributed by atoms with van der Waals surface area (Å²) in [5.41, 5.74) is 0.767. The third kappa shape index (κ3) is 5.71. The predicted molar refractivity (Wildman–Crippen MR) is 111 cm³/mol. The molecule has 1 saturated heterocycles. The maximum atomic E-state index is 12.7. The van der Waals surface area contributed by atoms with Gasteiger partial charge >= 0.3 is 0 Å². The summed E-state index contributed by atoms with van der Waals surface area (Å²) < 4.78 is 5.22. The first kappa shape index (κ1) is 22.2. The maximum Gasteiger partial charge on any atom is 0.227 e. The van der Waals surface area contributed by atoms with Gasteiger partial charge in [0.1, 0.15) is 5.75 Å².